The molecule has 1 aromatic rings. The number of aliphatic carboxylic acids is 1. The van der Waals surface area contributed by atoms with E-state index in [-0.39, 0.29) is 24.8 Å². The number of β-lactam (4-membered cyclic amide) rings is 1. The lowest BCUT2D eigenvalue weighted by Crippen LogP contribution is -2.70. The Morgan fingerprint density at radius 3 is 2.94 bits per heavy atom. The summed E-state index contributed by atoms with van der Waals surface area (Å²) < 4.78 is 0. The van der Waals surface area contributed by atoms with Gasteiger partial charge in [0.15, 0.2) is 5.82 Å². The summed E-state index contributed by atoms with van der Waals surface area (Å²) in [5.41, 5.74) is 4.39. The lowest BCUT2D eigenvalue weighted by molar-refractivity contribution is -0.150. The van der Waals surface area contributed by atoms with Gasteiger partial charge in [0.2, 0.25) is 5.91 Å². The van der Waals surface area contributed by atoms with Gasteiger partial charge in [0, 0.05) is 22.1 Å². The Labute approximate surface area is 213 Å². The standard InChI is InChI=1S/C21H22N6O5S3/c1-11-5-16(27-14(22-11)7-25(10-28)24-27)34-8-12-9-35-20-17(19(30)26(20)18(12)21(31)32)23-15(29)6-13-3-2-4-33-13/h2-5,7,17,20,24,28H,6,8-10H2,1H3,(H,23,29)(H,31,32)/t17?,20-/m1/s1. The lowest BCUT2D eigenvalue weighted by Gasteiger charge is -2.49. The Hall–Kier alpha value is -2.78. The van der Waals surface area contributed by atoms with Gasteiger partial charge in [-0.3, -0.25) is 19.5 Å². The normalized spacial score (nSPS) is 23.3. The number of rotatable bonds is 8. The maximum absolute atomic E-state index is 12.9. The number of allylic oxidation sites excluding steroid dienone is 1. The number of nitrogens with one attached hydrogen (secondary N) is 2. The van der Waals surface area contributed by atoms with Gasteiger partial charge in [0.1, 0.15) is 23.8 Å². The van der Waals surface area contributed by atoms with E-state index in [0.29, 0.717) is 22.9 Å². The zero-order chi connectivity index (χ0) is 24.7. The predicted molar refractivity (Wildman–Crippen MR) is 133 cm³/mol. The molecule has 4 N–H and O–H groups in total. The zero-order valence-corrected chi connectivity index (χ0v) is 21.0. The molecule has 0 aromatic carbocycles. The summed E-state index contributed by atoms with van der Waals surface area (Å²) in [4.78, 5) is 44.0. The van der Waals surface area contributed by atoms with Gasteiger partial charge in [0.05, 0.1) is 17.6 Å². The SMILES string of the molecule is CC1=NC2=CN(CO)NN2C(SCC2=C(C(=O)O)N3C(=O)C(NC(=O)Cc4cccs4)[C@H]3SC2)=C1. The van der Waals surface area contributed by atoms with Crippen LogP contribution in [-0.4, -0.2) is 78.3 Å². The van der Waals surface area contributed by atoms with Crippen LogP contribution in [0.4, 0.5) is 0 Å². The monoisotopic (exact) mass is 534 g/mol. The molecule has 35 heavy (non-hydrogen) atoms. The molecule has 1 unspecified atom stereocenters. The van der Waals surface area contributed by atoms with Gasteiger partial charge in [-0.25, -0.2) is 14.8 Å². The van der Waals surface area contributed by atoms with Gasteiger partial charge < -0.3 is 15.5 Å². The minimum Gasteiger partial charge on any atom is -0.477 e. The van der Waals surface area contributed by atoms with Crippen molar-refractivity contribution in [3.8, 4) is 0 Å². The molecule has 14 heteroatoms. The fourth-order valence-electron chi connectivity index (χ4n) is 4.03. The maximum Gasteiger partial charge on any atom is 0.352 e. The summed E-state index contributed by atoms with van der Waals surface area (Å²) in [7, 11) is 0. The van der Waals surface area contributed by atoms with Crippen LogP contribution in [0.2, 0.25) is 0 Å². The number of fused-ring (bicyclic) bond motifs is 2. The molecule has 2 atom stereocenters. The molecule has 2 amide bonds. The predicted octanol–water partition coefficient (Wildman–Crippen LogP) is 0.864. The smallest absolute Gasteiger partial charge is 0.352 e. The fraction of sp³-hybridized carbons (Fsp3) is 0.333. The molecular formula is C21H22N6O5S3. The van der Waals surface area contributed by atoms with Crippen LogP contribution < -0.4 is 10.9 Å². The molecule has 0 radical (unpaired) electrons. The van der Waals surface area contributed by atoms with Gasteiger partial charge in [-0.2, -0.15) is 0 Å². The number of carbonyl (C=O) groups is 3. The molecule has 0 spiro atoms. The Bertz CT molecular complexity index is 1190. The van der Waals surface area contributed by atoms with Crippen LogP contribution in [0.5, 0.6) is 0 Å². The third-order valence-electron chi connectivity index (χ3n) is 5.60. The molecule has 1 aromatic heterocycles. The van der Waals surface area contributed by atoms with E-state index in [4.69, 9.17) is 0 Å². The van der Waals surface area contributed by atoms with E-state index >= 15 is 0 Å². The number of carbonyl (C=O) groups excluding carboxylic acids is 2. The molecular weight excluding hydrogens is 512 g/mol. The van der Waals surface area contributed by atoms with Crippen LogP contribution in [0, 0.1) is 0 Å². The van der Waals surface area contributed by atoms with Crippen molar-refractivity contribution in [3.63, 3.8) is 0 Å². The van der Waals surface area contributed by atoms with Crippen LogP contribution in [0.15, 0.2) is 56.9 Å². The van der Waals surface area contributed by atoms with E-state index < -0.39 is 23.3 Å². The first-order valence-corrected chi connectivity index (χ1v) is 13.5. The quantitative estimate of drug-likeness (QED) is 0.356. The second-order valence-corrected chi connectivity index (χ2v) is 11.2. The molecule has 5 rings (SSSR count). The second kappa shape index (κ2) is 9.70. The molecule has 0 saturated carbocycles. The number of amides is 2. The van der Waals surface area contributed by atoms with Crippen LogP contribution in [0.3, 0.4) is 0 Å². The van der Waals surface area contributed by atoms with Crippen molar-refractivity contribution >= 4 is 58.4 Å². The van der Waals surface area contributed by atoms with Gasteiger partial charge in [-0.1, -0.05) is 6.07 Å². The Morgan fingerprint density at radius 2 is 2.23 bits per heavy atom. The van der Waals surface area contributed by atoms with Crippen molar-refractivity contribution in [3.05, 3.63) is 56.8 Å². The topological polar surface area (TPSA) is 138 Å². The van der Waals surface area contributed by atoms with Crippen molar-refractivity contribution in [2.45, 2.75) is 24.8 Å². The van der Waals surface area contributed by atoms with Gasteiger partial charge in [-0.05, 0) is 30.0 Å². The van der Waals surface area contributed by atoms with Crippen molar-refractivity contribution in [1.82, 2.24) is 25.8 Å². The molecule has 5 heterocycles. The molecule has 184 valence electrons. The summed E-state index contributed by atoms with van der Waals surface area (Å²) in [5, 5.41) is 27.5. The summed E-state index contributed by atoms with van der Waals surface area (Å²) in [5.74, 6) is -0.431. The minimum atomic E-state index is -1.16. The van der Waals surface area contributed by atoms with Crippen molar-refractivity contribution in [2.24, 2.45) is 4.99 Å². The van der Waals surface area contributed by atoms with E-state index in [1.165, 1.54) is 44.8 Å². The first kappa shape index (κ1) is 23.9. The average Bonchev–Trinajstić information content (AvgIpc) is 3.49. The summed E-state index contributed by atoms with van der Waals surface area (Å²) >= 11 is 4.33. The highest BCUT2D eigenvalue weighted by atomic mass is 32.2. The lowest BCUT2D eigenvalue weighted by atomic mass is 10.0. The van der Waals surface area contributed by atoms with Gasteiger partial charge in [0.25, 0.3) is 5.91 Å². The Balaban J connectivity index is 1.27. The largest absolute Gasteiger partial charge is 0.477 e. The highest BCUT2D eigenvalue weighted by Crippen LogP contribution is 2.42. The number of hydrazine groups is 2. The van der Waals surface area contributed by atoms with Crippen molar-refractivity contribution in [2.75, 3.05) is 18.2 Å². The number of aliphatic imine (C=N–C) groups is 1. The molecule has 0 aliphatic carbocycles. The first-order chi connectivity index (χ1) is 16.9. The number of hydrogen-bond donors (Lipinski definition) is 4. The first-order valence-electron chi connectivity index (χ1n) is 10.6. The molecule has 1 fully saturated rings. The van der Waals surface area contributed by atoms with Crippen LogP contribution in [0.1, 0.15) is 11.8 Å². The number of carboxylic acids is 1. The fourth-order valence-corrected chi connectivity index (χ4v) is 7.29. The third-order valence-corrected chi connectivity index (χ3v) is 8.91. The van der Waals surface area contributed by atoms with Crippen molar-refractivity contribution in [1.29, 1.82) is 0 Å². The van der Waals surface area contributed by atoms with Gasteiger partial charge in [-0.15, -0.1) is 40.4 Å². The minimum absolute atomic E-state index is 0.0149. The maximum atomic E-state index is 12.9. The van der Waals surface area contributed by atoms with E-state index in [2.05, 4.69) is 15.8 Å². The van der Waals surface area contributed by atoms with E-state index in [9.17, 15) is 24.6 Å². The second-order valence-electron chi connectivity index (χ2n) is 8.03. The third kappa shape index (κ3) is 4.59. The number of thioether (sulfide) groups is 2. The van der Waals surface area contributed by atoms with E-state index in [1.807, 2.05) is 30.5 Å². The summed E-state index contributed by atoms with van der Waals surface area (Å²) in [6.45, 7) is 1.62. The Kier molecular flexibility index (Phi) is 6.63. The average molecular weight is 535 g/mol. The molecule has 11 nitrogen and oxygen atoms in total. The highest BCUT2D eigenvalue weighted by Gasteiger charge is 2.54. The number of nitrogens with zero attached hydrogens (tertiary/aromatic N) is 4. The summed E-state index contributed by atoms with van der Waals surface area (Å²) in [6.07, 6.45) is 3.73. The molecule has 1 saturated heterocycles. The number of carboxylic acid groups (broad SMARTS) is 1. The van der Waals surface area contributed by atoms with E-state index in [0.717, 1.165) is 15.6 Å². The number of hydrogen-bond acceptors (Lipinski definition) is 11. The molecule has 0 bridgehead atoms. The van der Waals surface area contributed by atoms with Crippen LogP contribution in [0.25, 0.3) is 0 Å². The van der Waals surface area contributed by atoms with Crippen LogP contribution in [-0.2, 0) is 20.8 Å². The zero-order valence-electron chi connectivity index (χ0n) is 18.5. The number of aliphatic hydroxyl groups is 1. The van der Waals surface area contributed by atoms with Crippen molar-refractivity contribution < 1.29 is 24.6 Å². The number of aliphatic hydroxyl groups excluding tert-OH is 1. The van der Waals surface area contributed by atoms with Crippen LogP contribution >= 0.6 is 34.9 Å². The van der Waals surface area contributed by atoms with E-state index in [1.54, 1.807) is 11.2 Å². The molecule has 4 aliphatic rings. The summed E-state index contributed by atoms with van der Waals surface area (Å²) in [6, 6.07) is 2.99. The molecule has 4 aliphatic heterocycles. The van der Waals surface area contributed by atoms with Gasteiger partial charge >= 0.3 is 5.97 Å². The highest BCUT2D eigenvalue weighted by molar-refractivity contribution is 8.03. The Morgan fingerprint density at radius 1 is 1.40 bits per heavy atom. The number of thiophene rings is 1.